The van der Waals surface area contributed by atoms with Gasteiger partial charge < -0.3 is 5.11 Å². The van der Waals surface area contributed by atoms with Gasteiger partial charge in [0.1, 0.15) is 0 Å². The van der Waals surface area contributed by atoms with Crippen LogP contribution in [0.2, 0.25) is 0 Å². The van der Waals surface area contributed by atoms with Gasteiger partial charge in [-0.05, 0) is 26.2 Å². The number of hydrogen-bond acceptors (Lipinski definition) is 3. The quantitative estimate of drug-likeness (QED) is 0.154. The van der Waals surface area contributed by atoms with Gasteiger partial charge in [0, 0.05) is 0 Å². The molecule has 0 aromatic rings. The lowest BCUT2D eigenvalue weighted by molar-refractivity contribution is 0.147. The van der Waals surface area contributed by atoms with Gasteiger partial charge in [-0.25, -0.2) is 0 Å². The van der Waals surface area contributed by atoms with Crippen LogP contribution in [0.5, 0.6) is 0 Å². The molecule has 28 heavy (non-hydrogen) atoms. The molecular weight excluding hydrogens is 372 g/mol. The predicted molar refractivity (Wildman–Crippen MR) is 120 cm³/mol. The molecule has 0 aliphatic rings. The highest BCUT2D eigenvalue weighted by Crippen LogP contribution is 2.16. The number of aliphatic hydroxyl groups excluding tert-OH is 1. The van der Waals surface area contributed by atoms with Gasteiger partial charge in [-0.2, -0.15) is 8.42 Å². The van der Waals surface area contributed by atoms with E-state index in [1.54, 1.807) is 6.92 Å². The molecule has 0 fully saturated rings. The summed E-state index contributed by atoms with van der Waals surface area (Å²) < 4.78 is 30.7. The standard InChI is InChI=1S/C23H48O4S/c1-3-4-5-6-14-17-20-23(24)21-18-15-12-10-8-7-9-11-13-16-19-22(2)28(25,26)27/h22-24H,3-21H2,1-2H3,(H,25,26,27). The van der Waals surface area contributed by atoms with Crippen molar-refractivity contribution in [3.8, 4) is 0 Å². The van der Waals surface area contributed by atoms with Crippen LogP contribution in [0.4, 0.5) is 0 Å². The minimum absolute atomic E-state index is 0.0882. The lowest BCUT2D eigenvalue weighted by atomic mass is 10.0. The fourth-order valence-corrected chi connectivity index (χ4v) is 4.14. The molecule has 5 heteroatoms. The molecule has 0 saturated heterocycles. The Morgan fingerprint density at radius 2 is 0.929 bits per heavy atom. The average Bonchev–Trinajstić information content (AvgIpc) is 2.64. The van der Waals surface area contributed by atoms with Crippen LogP contribution in [0.25, 0.3) is 0 Å². The number of unbranched alkanes of at least 4 members (excludes halogenated alkanes) is 14. The van der Waals surface area contributed by atoms with E-state index in [0.717, 1.165) is 38.5 Å². The van der Waals surface area contributed by atoms with E-state index in [0.29, 0.717) is 6.42 Å². The minimum Gasteiger partial charge on any atom is -0.393 e. The van der Waals surface area contributed by atoms with Gasteiger partial charge in [-0.3, -0.25) is 4.55 Å². The van der Waals surface area contributed by atoms with Crippen LogP contribution in [-0.2, 0) is 10.1 Å². The average molecular weight is 421 g/mol. The Labute approximate surface area is 175 Å². The maximum absolute atomic E-state index is 10.9. The molecule has 0 heterocycles. The zero-order chi connectivity index (χ0) is 21.1. The lowest BCUT2D eigenvalue weighted by Gasteiger charge is -2.10. The van der Waals surface area contributed by atoms with Gasteiger partial charge in [-0.15, -0.1) is 0 Å². The molecular formula is C23H48O4S. The number of hydrogen-bond donors (Lipinski definition) is 2. The first-order valence-corrected chi connectivity index (χ1v) is 13.5. The second kappa shape index (κ2) is 18.9. The number of rotatable bonds is 21. The van der Waals surface area contributed by atoms with E-state index in [9.17, 15) is 13.5 Å². The second-order valence-corrected chi connectivity index (χ2v) is 10.5. The fourth-order valence-electron chi connectivity index (χ4n) is 3.68. The van der Waals surface area contributed by atoms with Crippen LogP contribution in [0.3, 0.4) is 0 Å². The third kappa shape index (κ3) is 19.2. The molecule has 0 radical (unpaired) electrons. The van der Waals surface area contributed by atoms with E-state index >= 15 is 0 Å². The largest absolute Gasteiger partial charge is 0.393 e. The van der Waals surface area contributed by atoms with Crippen molar-refractivity contribution in [2.75, 3.05) is 0 Å². The topological polar surface area (TPSA) is 74.6 Å². The first kappa shape index (κ1) is 27.9. The second-order valence-electron chi connectivity index (χ2n) is 8.65. The van der Waals surface area contributed by atoms with E-state index in [-0.39, 0.29) is 6.10 Å². The van der Waals surface area contributed by atoms with E-state index < -0.39 is 15.4 Å². The van der Waals surface area contributed by atoms with Crippen LogP contribution < -0.4 is 0 Å². The van der Waals surface area contributed by atoms with E-state index in [2.05, 4.69) is 6.92 Å². The van der Waals surface area contributed by atoms with Crippen LogP contribution in [0.15, 0.2) is 0 Å². The summed E-state index contributed by atoms with van der Waals surface area (Å²) in [5.41, 5.74) is 0. The molecule has 0 saturated carbocycles. The summed E-state index contributed by atoms with van der Waals surface area (Å²) in [6.07, 6.45) is 22.0. The van der Waals surface area contributed by atoms with Gasteiger partial charge in [0.05, 0.1) is 11.4 Å². The highest BCUT2D eigenvalue weighted by Gasteiger charge is 2.15. The van der Waals surface area contributed by atoms with Crippen LogP contribution in [0.1, 0.15) is 136 Å². The van der Waals surface area contributed by atoms with Crippen molar-refractivity contribution in [1.82, 2.24) is 0 Å². The SMILES string of the molecule is CCCCCCCCC(O)CCCCCCCCCCCCC(C)S(=O)(=O)O. The minimum atomic E-state index is -3.85. The summed E-state index contributed by atoms with van der Waals surface area (Å²) in [6, 6.07) is 0. The zero-order valence-corrected chi connectivity index (χ0v) is 19.5. The third-order valence-electron chi connectivity index (χ3n) is 5.80. The van der Waals surface area contributed by atoms with Crippen molar-refractivity contribution >= 4 is 10.1 Å². The molecule has 0 aliphatic carbocycles. The molecule has 0 aromatic carbocycles. The van der Waals surface area contributed by atoms with Crippen molar-refractivity contribution in [2.45, 2.75) is 147 Å². The normalized spacial score (nSPS) is 14.3. The van der Waals surface area contributed by atoms with E-state index in [1.165, 1.54) is 77.0 Å². The molecule has 170 valence electrons. The molecule has 0 amide bonds. The molecule has 2 atom stereocenters. The van der Waals surface area contributed by atoms with Gasteiger partial charge in [0.2, 0.25) is 0 Å². The smallest absolute Gasteiger partial charge is 0.267 e. The Kier molecular flexibility index (Phi) is 18.8. The number of aliphatic hydroxyl groups is 1. The Hall–Kier alpha value is -0.130. The van der Waals surface area contributed by atoms with Gasteiger partial charge >= 0.3 is 0 Å². The maximum Gasteiger partial charge on any atom is 0.267 e. The van der Waals surface area contributed by atoms with Crippen molar-refractivity contribution in [1.29, 1.82) is 0 Å². The highest BCUT2D eigenvalue weighted by molar-refractivity contribution is 7.86. The van der Waals surface area contributed by atoms with Gasteiger partial charge in [0.25, 0.3) is 10.1 Å². The Bertz CT molecular complexity index is 422. The van der Waals surface area contributed by atoms with Gasteiger partial charge in [0.15, 0.2) is 0 Å². The maximum atomic E-state index is 10.9. The molecule has 0 aliphatic heterocycles. The predicted octanol–water partition coefficient (Wildman–Crippen LogP) is 7.06. The summed E-state index contributed by atoms with van der Waals surface area (Å²) in [5, 5.41) is 9.40. The van der Waals surface area contributed by atoms with Crippen molar-refractivity contribution in [3.05, 3.63) is 0 Å². The molecule has 0 aromatic heterocycles. The Balaban J connectivity index is 3.25. The first-order valence-electron chi connectivity index (χ1n) is 12.0. The summed E-state index contributed by atoms with van der Waals surface area (Å²) >= 11 is 0. The van der Waals surface area contributed by atoms with E-state index in [4.69, 9.17) is 4.55 Å². The lowest BCUT2D eigenvalue weighted by Crippen LogP contribution is -2.16. The van der Waals surface area contributed by atoms with Crippen molar-refractivity contribution < 1.29 is 18.1 Å². The molecule has 2 unspecified atom stereocenters. The monoisotopic (exact) mass is 420 g/mol. The van der Waals surface area contributed by atoms with Crippen LogP contribution in [0, 0.1) is 0 Å². The Morgan fingerprint density at radius 3 is 1.29 bits per heavy atom. The zero-order valence-electron chi connectivity index (χ0n) is 18.7. The van der Waals surface area contributed by atoms with Crippen LogP contribution in [-0.4, -0.2) is 29.4 Å². The summed E-state index contributed by atoms with van der Waals surface area (Å²) in [7, 11) is -3.85. The molecule has 0 rings (SSSR count). The first-order chi connectivity index (χ1) is 13.4. The molecule has 4 nitrogen and oxygen atoms in total. The van der Waals surface area contributed by atoms with Crippen molar-refractivity contribution in [3.63, 3.8) is 0 Å². The summed E-state index contributed by atoms with van der Waals surface area (Å²) in [4.78, 5) is 0. The highest BCUT2D eigenvalue weighted by atomic mass is 32.2. The Morgan fingerprint density at radius 1 is 0.607 bits per heavy atom. The molecule has 0 bridgehead atoms. The molecule has 2 N–H and O–H groups in total. The van der Waals surface area contributed by atoms with E-state index in [1.807, 2.05) is 0 Å². The van der Waals surface area contributed by atoms with Crippen molar-refractivity contribution in [2.24, 2.45) is 0 Å². The van der Waals surface area contributed by atoms with Gasteiger partial charge in [-0.1, -0.05) is 110 Å². The summed E-state index contributed by atoms with van der Waals surface area (Å²) in [5.74, 6) is 0. The summed E-state index contributed by atoms with van der Waals surface area (Å²) in [6.45, 7) is 3.81. The third-order valence-corrected chi connectivity index (χ3v) is 7.05. The van der Waals surface area contributed by atoms with Crippen LogP contribution >= 0.6 is 0 Å². The molecule has 0 spiro atoms. The fraction of sp³-hybridized carbons (Fsp3) is 1.00.